The molecule has 2 aromatic heterocycles. The lowest BCUT2D eigenvalue weighted by molar-refractivity contribution is 0.590. The summed E-state index contributed by atoms with van der Waals surface area (Å²) in [5, 5.41) is 2.39. The zero-order valence-corrected chi connectivity index (χ0v) is 30.4. The minimum absolute atomic E-state index is 0.00828. The summed E-state index contributed by atoms with van der Waals surface area (Å²) in [6.45, 7) is 13.5. The van der Waals surface area contributed by atoms with Gasteiger partial charge in [-0.15, -0.1) is 0 Å². The summed E-state index contributed by atoms with van der Waals surface area (Å²) in [5.74, 6) is 1.28. The van der Waals surface area contributed by atoms with Crippen LogP contribution in [0.4, 0.5) is 4.39 Å². The summed E-state index contributed by atoms with van der Waals surface area (Å²) in [5.41, 5.74) is 9.31. The summed E-state index contributed by atoms with van der Waals surface area (Å²) < 4.78 is 18.2. The summed E-state index contributed by atoms with van der Waals surface area (Å²) in [6, 6.07) is 46.5. The molecule has 0 saturated carbocycles. The zero-order chi connectivity index (χ0) is 36.2. The number of halogens is 1. The second-order valence-corrected chi connectivity index (χ2v) is 15.5. The van der Waals surface area contributed by atoms with Crippen LogP contribution in [-0.4, -0.2) is 19.5 Å². The van der Waals surface area contributed by atoms with Crippen LogP contribution in [0.2, 0.25) is 0 Å². The number of fused-ring (bicyclic) bond motifs is 3. The molecule has 0 amide bonds. The molecule has 0 bridgehead atoms. The van der Waals surface area contributed by atoms with E-state index >= 15 is 4.39 Å². The van der Waals surface area contributed by atoms with Crippen molar-refractivity contribution in [1.29, 1.82) is 0 Å². The number of hydrogen-bond donors (Lipinski definition) is 0. The maximum Gasteiger partial charge on any atom is 0.164 e. The molecule has 8 rings (SSSR count). The van der Waals surface area contributed by atoms with Crippen molar-refractivity contribution >= 4 is 21.8 Å². The Morgan fingerprint density at radius 2 is 0.923 bits per heavy atom. The van der Waals surface area contributed by atoms with Crippen LogP contribution in [0.25, 0.3) is 72.8 Å². The van der Waals surface area contributed by atoms with Crippen LogP contribution in [-0.2, 0) is 10.8 Å². The number of benzene rings is 6. The standard InChI is InChI=1S/C47H41FN4/c1-46(2,3)32-21-25-41-38(27-32)39-28-33(47(4,5)6)22-26-42(39)52(41)34-23-24-36(37(29-34)35-19-13-14-20-40(35)48)45-50-43(30-15-9-7-10-16-30)49-44(51-45)31-17-11-8-12-18-31/h7-29H,1-6H3. The lowest BCUT2D eigenvalue weighted by Crippen LogP contribution is -2.10. The minimum atomic E-state index is -0.312. The highest BCUT2D eigenvalue weighted by Crippen LogP contribution is 2.40. The van der Waals surface area contributed by atoms with Crippen molar-refractivity contribution in [1.82, 2.24) is 19.5 Å². The molecule has 8 aromatic rings. The van der Waals surface area contributed by atoms with E-state index in [2.05, 4.69) is 94.6 Å². The first-order chi connectivity index (χ1) is 25.0. The molecule has 0 unspecified atom stereocenters. The second kappa shape index (κ2) is 12.7. The fourth-order valence-electron chi connectivity index (χ4n) is 6.93. The van der Waals surface area contributed by atoms with Gasteiger partial charge in [-0.1, -0.05) is 133 Å². The van der Waals surface area contributed by atoms with Crippen LogP contribution >= 0.6 is 0 Å². The first-order valence-electron chi connectivity index (χ1n) is 17.8. The van der Waals surface area contributed by atoms with Crippen molar-refractivity contribution in [2.75, 3.05) is 0 Å². The van der Waals surface area contributed by atoms with E-state index < -0.39 is 0 Å². The van der Waals surface area contributed by atoms with E-state index in [1.54, 1.807) is 6.07 Å². The Bertz CT molecular complexity index is 2460. The predicted molar refractivity (Wildman–Crippen MR) is 213 cm³/mol. The Morgan fingerprint density at radius 1 is 0.442 bits per heavy atom. The molecule has 4 nitrogen and oxygen atoms in total. The number of aromatic nitrogens is 4. The Morgan fingerprint density at radius 3 is 1.42 bits per heavy atom. The number of hydrogen-bond acceptors (Lipinski definition) is 3. The van der Waals surface area contributed by atoms with Crippen molar-refractivity contribution in [3.05, 3.63) is 156 Å². The highest BCUT2D eigenvalue weighted by molar-refractivity contribution is 6.10. The molecule has 0 fully saturated rings. The maximum atomic E-state index is 15.9. The first-order valence-corrected chi connectivity index (χ1v) is 17.8. The lowest BCUT2D eigenvalue weighted by atomic mass is 9.85. The Balaban J connectivity index is 1.41. The van der Waals surface area contributed by atoms with Crippen LogP contribution in [0.15, 0.2) is 140 Å². The monoisotopic (exact) mass is 680 g/mol. The normalized spacial score (nSPS) is 12.1. The molecule has 2 heterocycles. The van der Waals surface area contributed by atoms with Crippen molar-refractivity contribution in [3.8, 4) is 51.0 Å². The molecule has 0 radical (unpaired) electrons. The lowest BCUT2D eigenvalue weighted by Gasteiger charge is -2.19. The fourth-order valence-corrected chi connectivity index (χ4v) is 6.93. The first kappa shape index (κ1) is 33.2. The van der Waals surface area contributed by atoms with Crippen LogP contribution in [0.1, 0.15) is 52.7 Å². The predicted octanol–water partition coefficient (Wildman–Crippen LogP) is 12.4. The molecule has 256 valence electrons. The highest BCUT2D eigenvalue weighted by Gasteiger charge is 2.23. The van der Waals surface area contributed by atoms with Gasteiger partial charge in [0.25, 0.3) is 0 Å². The summed E-state index contributed by atoms with van der Waals surface area (Å²) in [4.78, 5) is 14.9. The van der Waals surface area contributed by atoms with Gasteiger partial charge in [-0.25, -0.2) is 19.3 Å². The molecular formula is C47H41FN4. The van der Waals surface area contributed by atoms with Gasteiger partial charge in [-0.2, -0.15) is 0 Å². The molecule has 0 aliphatic heterocycles. The minimum Gasteiger partial charge on any atom is -0.309 e. The molecular weight excluding hydrogens is 640 g/mol. The molecule has 52 heavy (non-hydrogen) atoms. The average molecular weight is 681 g/mol. The van der Waals surface area contributed by atoms with Crippen molar-refractivity contribution in [3.63, 3.8) is 0 Å². The van der Waals surface area contributed by atoms with Crippen LogP contribution in [0.5, 0.6) is 0 Å². The molecule has 0 saturated heterocycles. The smallest absolute Gasteiger partial charge is 0.164 e. The third-order valence-electron chi connectivity index (χ3n) is 9.86. The van der Waals surface area contributed by atoms with Gasteiger partial charge >= 0.3 is 0 Å². The van der Waals surface area contributed by atoms with Gasteiger partial charge in [-0.05, 0) is 76.1 Å². The van der Waals surface area contributed by atoms with E-state index in [1.165, 1.54) is 28.0 Å². The number of rotatable bonds is 5. The SMILES string of the molecule is CC(C)(C)c1ccc2c(c1)c1cc(C(C)(C)C)ccc1n2-c1ccc(-c2nc(-c3ccccc3)nc(-c3ccccc3)n2)c(-c2ccccc2F)c1. The van der Waals surface area contributed by atoms with Gasteiger partial charge in [0.05, 0.1) is 11.0 Å². The largest absolute Gasteiger partial charge is 0.309 e. The van der Waals surface area contributed by atoms with Crippen molar-refractivity contribution in [2.45, 2.75) is 52.4 Å². The van der Waals surface area contributed by atoms with Gasteiger partial charge in [0.2, 0.25) is 0 Å². The Hall–Kier alpha value is -5.94. The molecule has 0 spiro atoms. The molecule has 0 aliphatic rings. The topological polar surface area (TPSA) is 43.6 Å². The summed E-state index contributed by atoms with van der Waals surface area (Å²) in [6.07, 6.45) is 0. The zero-order valence-electron chi connectivity index (χ0n) is 30.4. The van der Waals surface area contributed by atoms with Crippen LogP contribution in [0, 0.1) is 5.82 Å². The maximum absolute atomic E-state index is 15.9. The quantitative estimate of drug-likeness (QED) is 0.182. The van der Waals surface area contributed by atoms with Gasteiger partial charge < -0.3 is 4.57 Å². The van der Waals surface area contributed by atoms with Crippen LogP contribution in [0.3, 0.4) is 0 Å². The molecule has 0 N–H and O–H groups in total. The van der Waals surface area contributed by atoms with Crippen LogP contribution < -0.4 is 0 Å². The summed E-state index contributed by atoms with van der Waals surface area (Å²) in [7, 11) is 0. The van der Waals surface area contributed by atoms with Gasteiger partial charge in [0.1, 0.15) is 5.82 Å². The van der Waals surface area contributed by atoms with Crippen molar-refractivity contribution in [2.24, 2.45) is 0 Å². The van der Waals surface area contributed by atoms with E-state index in [0.29, 0.717) is 28.6 Å². The molecule has 5 heteroatoms. The highest BCUT2D eigenvalue weighted by atomic mass is 19.1. The second-order valence-electron chi connectivity index (χ2n) is 15.5. The van der Waals surface area contributed by atoms with Gasteiger partial charge in [0, 0.05) is 38.7 Å². The molecule has 6 aromatic carbocycles. The van der Waals surface area contributed by atoms with Gasteiger partial charge in [-0.3, -0.25) is 0 Å². The molecule has 0 aliphatic carbocycles. The van der Waals surface area contributed by atoms with E-state index in [9.17, 15) is 0 Å². The molecule has 0 atom stereocenters. The van der Waals surface area contributed by atoms with E-state index in [1.807, 2.05) is 78.9 Å². The van der Waals surface area contributed by atoms with E-state index in [0.717, 1.165) is 33.4 Å². The third kappa shape index (κ3) is 6.06. The van der Waals surface area contributed by atoms with Crippen molar-refractivity contribution < 1.29 is 4.39 Å². The average Bonchev–Trinajstić information content (AvgIpc) is 3.48. The Kier molecular flexibility index (Phi) is 8.10. The van der Waals surface area contributed by atoms with E-state index in [-0.39, 0.29) is 16.6 Å². The van der Waals surface area contributed by atoms with E-state index in [4.69, 9.17) is 15.0 Å². The Labute approximate surface area is 304 Å². The number of nitrogens with zero attached hydrogens (tertiary/aromatic N) is 4. The van der Waals surface area contributed by atoms with Gasteiger partial charge in [0.15, 0.2) is 17.5 Å². The third-order valence-corrected chi connectivity index (χ3v) is 9.86. The summed E-state index contributed by atoms with van der Waals surface area (Å²) >= 11 is 0. The fraction of sp³-hybridized carbons (Fsp3) is 0.170.